The molecule has 13 rings (SSSR count). The molecule has 0 saturated heterocycles. The maximum Gasteiger partial charge on any atom is 0.135 e. The topological polar surface area (TPSA) is 16.4 Å². The van der Waals surface area contributed by atoms with Gasteiger partial charge in [0.1, 0.15) is 11.2 Å². The van der Waals surface area contributed by atoms with E-state index in [9.17, 15) is 0 Å². The zero-order valence-corrected chi connectivity index (χ0v) is 34.9. The van der Waals surface area contributed by atoms with E-state index in [0.717, 1.165) is 50.1 Å². The first-order chi connectivity index (χ1) is 31.3. The first-order valence-electron chi connectivity index (χ1n) is 21.5. The summed E-state index contributed by atoms with van der Waals surface area (Å²) in [6.07, 6.45) is 0. The van der Waals surface area contributed by atoms with Crippen LogP contribution in [0.4, 0.5) is 17.1 Å². The van der Waals surface area contributed by atoms with Crippen LogP contribution in [0.1, 0.15) is 0 Å². The number of furan rings is 1. The van der Waals surface area contributed by atoms with Crippen molar-refractivity contribution in [3.8, 4) is 11.1 Å². The minimum absolute atomic E-state index is 0.874. The SMILES string of the molecule is c1ccc(-c2ccccc2N(c2ccc3oc4ccccc4c3c2)c2ccc3c(c2)c2ccccc2c2ccccc2c2ccccc2c2c3ccc3c4ccccc4sc32)cc1. The van der Waals surface area contributed by atoms with Crippen LogP contribution in [-0.2, 0) is 0 Å². The van der Waals surface area contributed by atoms with Crippen LogP contribution in [0.15, 0.2) is 229 Å². The molecular formula is C60H37NOS. The zero-order chi connectivity index (χ0) is 41.4. The fourth-order valence-electron chi connectivity index (χ4n) is 10.1. The summed E-state index contributed by atoms with van der Waals surface area (Å²) in [5, 5.41) is 17.0. The summed E-state index contributed by atoms with van der Waals surface area (Å²) in [6, 6.07) is 82.1. The first-order valence-corrected chi connectivity index (χ1v) is 22.3. The van der Waals surface area contributed by atoms with Crippen molar-refractivity contribution in [3.63, 3.8) is 0 Å². The molecule has 2 aromatic heterocycles. The summed E-state index contributed by atoms with van der Waals surface area (Å²) >= 11 is 1.90. The number of anilines is 3. The van der Waals surface area contributed by atoms with E-state index in [2.05, 4.69) is 223 Å². The Hall–Kier alpha value is -7.98. The van der Waals surface area contributed by atoms with Gasteiger partial charge in [-0.15, -0.1) is 11.3 Å². The summed E-state index contributed by atoms with van der Waals surface area (Å²) in [6.45, 7) is 0. The second-order valence-electron chi connectivity index (χ2n) is 16.3. The Bertz CT molecular complexity index is 4050. The summed E-state index contributed by atoms with van der Waals surface area (Å²) in [4.78, 5) is 2.44. The van der Waals surface area contributed by atoms with Crippen LogP contribution in [0.3, 0.4) is 0 Å². The van der Waals surface area contributed by atoms with Gasteiger partial charge in [-0.25, -0.2) is 0 Å². The normalized spacial score (nSPS) is 11.8. The van der Waals surface area contributed by atoms with E-state index in [1.807, 2.05) is 17.4 Å². The van der Waals surface area contributed by atoms with E-state index >= 15 is 0 Å². The average molecular weight is 820 g/mol. The maximum atomic E-state index is 6.37. The van der Waals surface area contributed by atoms with Gasteiger partial charge >= 0.3 is 0 Å². The van der Waals surface area contributed by atoms with Crippen LogP contribution in [0.5, 0.6) is 0 Å². The summed E-state index contributed by atoms with van der Waals surface area (Å²) in [5.74, 6) is 0. The molecular weight excluding hydrogens is 783 g/mol. The third kappa shape index (κ3) is 5.64. The lowest BCUT2D eigenvalue weighted by Crippen LogP contribution is -2.11. The molecule has 0 N–H and O–H groups in total. The maximum absolute atomic E-state index is 6.37. The van der Waals surface area contributed by atoms with E-state index in [4.69, 9.17) is 4.42 Å². The highest BCUT2D eigenvalue weighted by molar-refractivity contribution is 7.26. The van der Waals surface area contributed by atoms with Gasteiger partial charge in [-0.3, -0.25) is 0 Å². The van der Waals surface area contributed by atoms with Gasteiger partial charge in [-0.05, 0) is 103 Å². The predicted octanol–water partition coefficient (Wildman–Crippen LogP) is 18.0. The molecule has 0 bridgehead atoms. The monoisotopic (exact) mass is 819 g/mol. The van der Waals surface area contributed by atoms with Gasteiger partial charge in [0.25, 0.3) is 0 Å². The zero-order valence-electron chi connectivity index (χ0n) is 34.1. The third-order valence-corrected chi connectivity index (χ3v) is 14.1. The summed E-state index contributed by atoms with van der Waals surface area (Å²) in [7, 11) is 0. The van der Waals surface area contributed by atoms with E-state index < -0.39 is 0 Å². The lowest BCUT2D eigenvalue weighted by Gasteiger charge is -2.28. The molecule has 63 heavy (non-hydrogen) atoms. The molecule has 11 aromatic carbocycles. The van der Waals surface area contributed by atoms with Crippen LogP contribution in [0.25, 0.3) is 107 Å². The highest BCUT2D eigenvalue weighted by Gasteiger charge is 2.21. The van der Waals surface area contributed by atoms with Gasteiger partial charge < -0.3 is 9.32 Å². The van der Waals surface area contributed by atoms with Gasteiger partial charge in [-0.1, -0.05) is 176 Å². The van der Waals surface area contributed by atoms with Crippen molar-refractivity contribution in [2.45, 2.75) is 0 Å². The quantitative estimate of drug-likeness (QED) is 0.176. The van der Waals surface area contributed by atoms with Gasteiger partial charge in [0.2, 0.25) is 0 Å². The highest BCUT2D eigenvalue weighted by atomic mass is 32.1. The molecule has 13 aromatic rings. The largest absolute Gasteiger partial charge is 0.456 e. The van der Waals surface area contributed by atoms with Crippen molar-refractivity contribution in [2.75, 3.05) is 4.90 Å². The molecule has 0 unspecified atom stereocenters. The van der Waals surface area contributed by atoms with Gasteiger partial charge in [-0.2, -0.15) is 0 Å². The fraction of sp³-hybridized carbons (Fsp3) is 0. The molecule has 2 heterocycles. The number of fused-ring (bicyclic) bond motifs is 17. The molecule has 0 saturated carbocycles. The minimum Gasteiger partial charge on any atom is -0.456 e. The molecule has 0 aliphatic rings. The number of para-hydroxylation sites is 2. The predicted molar refractivity (Wildman–Crippen MR) is 272 cm³/mol. The Morgan fingerprint density at radius 3 is 1.54 bits per heavy atom. The number of hydrogen-bond acceptors (Lipinski definition) is 3. The lowest BCUT2D eigenvalue weighted by atomic mass is 9.93. The number of nitrogens with zero attached hydrogens (tertiary/aromatic N) is 1. The Labute approximate surface area is 367 Å². The summed E-state index contributed by atoms with van der Waals surface area (Å²) < 4.78 is 8.98. The molecule has 2 nitrogen and oxygen atoms in total. The molecule has 0 aliphatic carbocycles. The van der Waals surface area contributed by atoms with Crippen molar-refractivity contribution < 1.29 is 4.42 Å². The molecule has 0 spiro atoms. The Morgan fingerprint density at radius 1 is 0.317 bits per heavy atom. The van der Waals surface area contributed by atoms with Crippen molar-refractivity contribution in [1.29, 1.82) is 0 Å². The Kier molecular flexibility index (Phi) is 8.12. The minimum atomic E-state index is 0.874. The standard InChI is InChI=1S/C60H37NOS/c1-2-16-38(17-3-1)41-18-10-13-27-55(41)61(40-31-35-57-54(37-40)48-24-11-14-28-56(48)62-57)39-30-32-47-51-33-34-52-49-25-12-15-29-58(49)63-60(52)59(51)50-26-9-8-22-45(50)43-20-5-4-19-42(43)44-21-6-7-23-46(44)53(47)36-39/h1-37H. The fourth-order valence-corrected chi connectivity index (χ4v) is 11.3. The third-order valence-electron chi connectivity index (χ3n) is 12.9. The Morgan fingerprint density at radius 2 is 0.794 bits per heavy atom. The van der Waals surface area contributed by atoms with Crippen LogP contribution in [-0.4, -0.2) is 0 Å². The summed E-state index contributed by atoms with van der Waals surface area (Å²) in [5.41, 5.74) is 7.28. The van der Waals surface area contributed by atoms with E-state index in [0.29, 0.717) is 0 Å². The van der Waals surface area contributed by atoms with Crippen LogP contribution >= 0.6 is 11.3 Å². The second kappa shape index (κ2) is 14.3. The van der Waals surface area contributed by atoms with Crippen LogP contribution < -0.4 is 4.90 Å². The van der Waals surface area contributed by atoms with Crippen LogP contribution in [0, 0.1) is 0 Å². The van der Waals surface area contributed by atoms with E-state index in [1.165, 1.54) is 74.0 Å². The first kappa shape index (κ1) is 35.7. The average Bonchev–Trinajstić information content (AvgIpc) is 3.92. The smallest absolute Gasteiger partial charge is 0.135 e. The molecule has 0 amide bonds. The van der Waals surface area contributed by atoms with Gasteiger partial charge in [0.05, 0.1) is 5.69 Å². The number of rotatable bonds is 4. The van der Waals surface area contributed by atoms with E-state index in [1.54, 1.807) is 0 Å². The van der Waals surface area contributed by atoms with E-state index in [-0.39, 0.29) is 0 Å². The van der Waals surface area contributed by atoms with Crippen molar-refractivity contribution in [2.24, 2.45) is 0 Å². The number of hydrogen-bond donors (Lipinski definition) is 0. The van der Waals surface area contributed by atoms with Gasteiger partial charge in [0, 0.05) is 53.3 Å². The molecule has 3 heteroatoms. The molecule has 294 valence electrons. The van der Waals surface area contributed by atoms with Crippen molar-refractivity contribution >= 4 is 124 Å². The van der Waals surface area contributed by atoms with Crippen molar-refractivity contribution in [1.82, 2.24) is 0 Å². The second-order valence-corrected chi connectivity index (χ2v) is 17.4. The Balaban J connectivity index is 1.22. The van der Waals surface area contributed by atoms with Crippen LogP contribution in [0.2, 0.25) is 0 Å². The number of thiophene rings is 1. The molecule has 0 fully saturated rings. The number of benzene rings is 10. The highest BCUT2D eigenvalue weighted by Crippen LogP contribution is 2.47. The molecule has 0 radical (unpaired) electrons. The lowest BCUT2D eigenvalue weighted by molar-refractivity contribution is 0.669. The molecule has 0 aliphatic heterocycles. The van der Waals surface area contributed by atoms with Crippen molar-refractivity contribution in [3.05, 3.63) is 224 Å². The van der Waals surface area contributed by atoms with Gasteiger partial charge in [0.15, 0.2) is 0 Å². The molecule has 0 atom stereocenters.